The molecule has 0 bridgehead atoms. The van der Waals surface area contributed by atoms with Crippen LogP contribution in [0.15, 0.2) is 24.3 Å². The van der Waals surface area contributed by atoms with Crippen LogP contribution in [-0.4, -0.2) is 49.4 Å². The lowest BCUT2D eigenvalue weighted by molar-refractivity contribution is -0.124. The molecule has 1 aromatic heterocycles. The Morgan fingerprint density at radius 3 is 2.70 bits per heavy atom. The molecule has 144 valence electrons. The van der Waals surface area contributed by atoms with Crippen molar-refractivity contribution in [1.29, 1.82) is 0 Å². The van der Waals surface area contributed by atoms with Gasteiger partial charge in [0.15, 0.2) is 16.4 Å². The second-order valence-corrected chi connectivity index (χ2v) is 8.90. The van der Waals surface area contributed by atoms with E-state index in [9.17, 15) is 18.0 Å². The first kappa shape index (κ1) is 19.3. The van der Waals surface area contributed by atoms with Crippen LogP contribution in [0.25, 0.3) is 10.9 Å². The number of amides is 1. The fraction of sp³-hybridized carbons (Fsp3) is 0.421. The average Bonchev–Trinajstić information content (AvgIpc) is 2.97. The van der Waals surface area contributed by atoms with Gasteiger partial charge in [0.2, 0.25) is 0 Å². The fourth-order valence-corrected chi connectivity index (χ4v) is 5.02. The molecule has 2 aromatic rings. The molecular formula is C19H22N2O5S. The van der Waals surface area contributed by atoms with Crippen LogP contribution in [0.1, 0.15) is 35.0 Å². The molecule has 1 aromatic carbocycles. The molecule has 2 heterocycles. The standard InChI is InChI=1S/C19H22N2O5S/c1-3-15-18(12(2)14-6-4-5-7-16(14)21-15)19(23)26-10-17(22)20-13-8-9-27(24,25)11-13/h4-7,13H,3,8-11H2,1-2H3,(H,20,22)/t13-/m1/s1. The summed E-state index contributed by atoms with van der Waals surface area (Å²) in [4.78, 5) is 29.1. The number of pyridine rings is 1. The third kappa shape index (κ3) is 4.27. The van der Waals surface area contributed by atoms with Gasteiger partial charge in [0.05, 0.1) is 28.3 Å². The minimum absolute atomic E-state index is 0.0690. The number of para-hydroxylation sites is 1. The number of rotatable bonds is 5. The number of hydrogen-bond acceptors (Lipinski definition) is 6. The highest BCUT2D eigenvalue weighted by Crippen LogP contribution is 2.24. The molecule has 1 atom stereocenters. The smallest absolute Gasteiger partial charge is 0.340 e. The molecule has 0 saturated carbocycles. The van der Waals surface area contributed by atoms with Crippen molar-refractivity contribution in [3.8, 4) is 0 Å². The van der Waals surface area contributed by atoms with Crippen molar-refractivity contribution in [2.45, 2.75) is 32.7 Å². The largest absolute Gasteiger partial charge is 0.452 e. The van der Waals surface area contributed by atoms with Gasteiger partial charge in [-0.05, 0) is 31.4 Å². The summed E-state index contributed by atoms with van der Waals surface area (Å²) in [6, 6.07) is 7.12. The van der Waals surface area contributed by atoms with E-state index in [0.29, 0.717) is 24.1 Å². The zero-order valence-corrected chi connectivity index (χ0v) is 16.1. The van der Waals surface area contributed by atoms with Gasteiger partial charge >= 0.3 is 5.97 Å². The predicted octanol–water partition coefficient (Wildman–Crippen LogP) is 1.57. The summed E-state index contributed by atoms with van der Waals surface area (Å²) in [6.07, 6.45) is 0.942. The summed E-state index contributed by atoms with van der Waals surface area (Å²) in [7, 11) is -3.08. The van der Waals surface area contributed by atoms with Gasteiger partial charge in [-0.15, -0.1) is 0 Å². The first-order valence-corrected chi connectivity index (χ1v) is 10.7. The van der Waals surface area contributed by atoms with Gasteiger partial charge in [-0.2, -0.15) is 0 Å². The molecule has 0 spiro atoms. The van der Waals surface area contributed by atoms with Gasteiger partial charge in [0, 0.05) is 11.4 Å². The summed E-state index contributed by atoms with van der Waals surface area (Å²) in [5.41, 5.74) is 2.58. The number of nitrogens with zero attached hydrogens (tertiary/aromatic N) is 1. The topological polar surface area (TPSA) is 102 Å². The van der Waals surface area contributed by atoms with E-state index in [4.69, 9.17) is 4.74 Å². The third-order valence-electron chi connectivity index (χ3n) is 4.70. The summed E-state index contributed by atoms with van der Waals surface area (Å²) in [5.74, 6) is -1.10. The Bertz CT molecular complexity index is 1000. The zero-order chi connectivity index (χ0) is 19.6. The summed E-state index contributed by atoms with van der Waals surface area (Å²) < 4.78 is 28.1. The Morgan fingerprint density at radius 1 is 1.30 bits per heavy atom. The van der Waals surface area contributed by atoms with E-state index in [1.54, 1.807) is 0 Å². The molecule has 1 amide bonds. The van der Waals surface area contributed by atoms with Crippen molar-refractivity contribution in [2.75, 3.05) is 18.1 Å². The lowest BCUT2D eigenvalue weighted by Crippen LogP contribution is -2.38. The molecule has 27 heavy (non-hydrogen) atoms. The maximum atomic E-state index is 12.6. The summed E-state index contributed by atoms with van der Waals surface area (Å²) >= 11 is 0. The van der Waals surface area contributed by atoms with E-state index in [2.05, 4.69) is 10.3 Å². The quantitative estimate of drug-likeness (QED) is 0.778. The maximum Gasteiger partial charge on any atom is 0.340 e. The second kappa shape index (κ2) is 7.64. The Labute approximate surface area is 158 Å². The molecular weight excluding hydrogens is 368 g/mol. The highest BCUT2D eigenvalue weighted by molar-refractivity contribution is 7.91. The van der Waals surface area contributed by atoms with Crippen LogP contribution >= 0.6 is 0 Å². The Hall–Kier alpha value is -2.48. The molecule has 1 fully saturated rings. The molecule has 7 nitrogen and oxygen atoms in total. The van der Waals surface area contributed by atoms with Crippen LogP contribution in [0.4, 0.5) is 0 Å². The molecule has 0 unspecified atom stereocenters. The highest BCUT2D eigenvalue weighted by atomic mass is 32.2. The number of aryl methyl sites for hydroxylation is 2. The van der Waals surface area contributed by atoms with Crippen molar-refractivity contribution in [3.63, 3.8) is 0 Å². The van der Waals surface area contributed by atoms with Gasteiger partial charge in [-0.3, -0.25) is 9.78 Å². The SMILES string of the molecule is CCc1nc2ccccc2c(C)c1C(=O)OCC(=O)N[C@@H]1CCS(=O)(=O)C1. The van der Waals surface area contributed by atoms with Crippen LogP contribution in [-0.2, 0) is 25.8 Å². The average molecular weight is 390 g/mol. The van der Waals surface area contributed by atoms with Crippen molar-refractivity contribution < 1.29 is 22.7 Å². The Kier molecular flexibility index (Phi) is 5.46. The Balaban J connectivity index is 1.71. The van der Waals surface area contributed by atoms with Gasteiger partial charge < -0.3 is 10.1 Å². The molecule has 0 radical (unpaired) electrons. The number of carbonyl (C=O) groups excluding carboxylic acids is 2. The van der Waals surface area contributed by atoms with E-state index in [0.717, 1.165) is 16.5 Å². The number of fused-ring (bicyclic) bond motifs is 1. The minimum Gasteiger partial charge on any atom is -0.452 e. The number of hydrogen-bond donors (Lipinski definition) is 1. The lowest BCUT2D eigenvalue weighted by Gasteiger charge is -2.14. The fourth-order valence-electron chi connectivity index (χ4n) is 3.35. The normalized spacial score (nSPS) is 18.4. The van der Waals surface area contributed by atoms with Gasteiger partial charge in [-0.1, -0.05) is 25.1 Å². The molecule has 1 aliphatic rings. The Morgan fingerprint density at radius 2 is 2.04 bits per heavy atom. The first-order valence-electron chi connectivity index (χ1n) is 8.86. The van der Waals surface area contributed by atoms with Crippen molar-refractivity contribution in [2.24, 2.45) is 0 Å². The first-order chi connectivity index (χ1) is 12.8. The van der Waals surface area contributed by atoms with E-state index in [1.165, 1.54) is 0 Å². The van der Waals surface area contributed by atoms with E-state index in [-0.39, 0.29) is 11.5 Å². The van der Waals surface area contributed by atoms with Crippen molar-refractivity contribution in [1.82, 2.24) is 10.3 Å². The van der Waals surface area contributed by atoms with Crippen molar-refractivity contribution >= 4 is 32.6 Å². The number of sulfone groups is 1. The molecule has 0 aliphatic carbocycles. The van der Waals surface area contributed by atoms with E-state index >= 15 is 0 Å². The van der Waals surface area contributed by atoms with Crippen molar-refractivity contribution in [3.05, 3.63) is 41.1 Å². The number of carbonyl (C=O) groups is 2. The zero-order valence-electron chi connectivity index (χ0n) is 15.3. The second-order valence-electron chi connectivity index (χ2n) is 6.67. The lowest BCUT2D eigenvalue weighted by atomic mass is 10.0. The minimum atomic E-state index is -3.08. The number of esters is 1. The summed E-state index contributed by atoms with van der Waals surface area (Å²) in [6.45, 7) is 3.29. The highest BCUT2D eigenvalue weighted by Gasteiger charge is 2.29. The van der Waals surface area contributed by atoms with E-state index < -0.39 is 34.4 Å². The van der Waals surface area contributed by atoms with Crippen LogP contribution in [0.5, 0.6) is 0 Å². The van der Waals surface area contributed by atoms with Gasteiger partial charge in [0.25, 0.3) is 5.91 Å². The molecule has 8 heteroatoms. The molecule has 1 aliphatic heterocycles. The van der Waals surface area contributed by atoms with E-state index in [1.807, 2.05) is 38.1 Å². The number of nitrogens with one attached hydrogen (secondary N) is 1. The van der Waals surface area contributed by atoms with Crippen LogP contribution in [0.3, 0.4) is 0 Å². The predicted molar refractivity (Wildman–Crippen MR) is 101 cm³/mol. The molecule has 1 N–H and O–H groups in total. The van der Waals surface area contributed by atoms with Gasteiger partial charge in [-0.25, -0.2) is 13.2 Å². The number of aromatic nitrogens is 1. The van der Waals surface area contributed by atoms with Crippen LogP contribution in [0, 0.1) is 6.92 Å². The maximum absolute atomic E-state index is 12.6. The number of ether oxygens (including phenoxy) is 1. The van der Waals surface area contributed by atoms with Crippen LogP contribution in [0.2, 0.25) is 0 Å². The number of benzene rings is 1. The summed E-state index contributed by atoms with van der Waals surface area (Å²) in [5, 5.41) is 3.47. The van der Waals surface area contributed by atoms with Crippen LogP contribution < -0.4 is 5.32 Å². The molecule has 3 rings (SSSR count). The molecule has 1 saturated heterocycles. The van der Waals surface area contributed by atoms with Gasteiger partial charge in [0.1, 0.15) is 0 Å². The monoisotopic (exact) mass is 390 g/mol. The third-order valence-corrected chi connectivity index (χ3v) is 6.47.